The van der Waals surface area contributed by atoms with Crippen LogP contribution in [0, 0.1) is 0 Å². The molecule has 12 heavy (non-hydrogen) atoms. The Morgan fingerprint density at radius 3 is 2.25 bits per heavy atom. The van der Waals surface area contributed by atoms with Gasteiger partial charge in [-0.25, -0.2) is 0 Å². The number of alkyl halides is 3. The van der Waals surface area contributed by atoms with Crippen LogP contribution in [0.2, 0.25) is 0 Å². The van der Waals surface area contributed by atoms with Gasteiger partial charge in [-0.2, -0.15) is 13.2 Å². The van der Waals surface area contributed by atoms with Gasteiger partial charge in [0.25, 0.3) is 0 Å². The summed E-state index contributed by atoms with van der Waals surface area (Å²) in [6, 6.07) is -0.225. The molecule has 0 aliphatic heterocycles. The van der Waals surface area contributed by atoms with E-state index >= 15 is 0 Å². The molecule has 0 bridgehead atoms. The molecular weight excluding hydrogens is 167 g/mol. The van der Waals surface area contributed by atoms with E-state index < -0.39 is 11.9 Å². The highest BCUT2D eigenvalue weighted by Gasteiger charge is 2.31. The van der Waals surface area contributed by atoms with E-state index in [4.69, 9.17) is 0 Å². The maximum atomic E-state index is 11.9. The van der Waals surface area contributed by atoms with Crippen molar-refractivity contribution in [2.24, 2.45) is 4.99 Å². The van der Waals surface area contributed by atoms with Crippen LogP contribution in [0.1, 0.15) is 33.6 Å². The van der Waals surface area contributed by atoms with Crippen molar-refractivity contribution in [1.82, 2.24) is 0 Å². The fourth-order valence-corrected chi connectivity index (χ4v) is 0.886. The summed E-state index contributed by atoms with van der Waals surface area (Å²) < 4.78 is 35.8. The van der Waals surface area contributed by atoms with Crippen LogP contribution < -0.4 is 0 Å². The molecule has 0 spiro atoms. The minimum Gasteiger partial charge on any atom is -0.282 e. The molecule has 0 rings (SSSR count). The van der Waals surface area contributed by atoms with Crippen LogP contribution in [0.4, 0.5) is 13.2 Å². The normalized spacial score (nSPS) is 16.3. The molecule has 0 aromatic rings. The zero-order valence-corrected chi connectivity index (χ0v) is 7.57. The van der Waals surface area contributed by atoms with Gasteiger partial charge in [0, 0.05) is 6.04 Å². The second kappa shape index (κ2) is 4.48. The smallest absolute Gasteiger partial charge is 0.282 e. The van der Waals surface area contributed by atoms with Crippen LogP contribution in [0.3, 0.4) is 0 Å². The molecule has 0 N–H and O–H groups in total. The minimum absolute atomic E-state index is 0.225. The van der Waals surface area contributed by atoms with Gasteiger partial charge < -0.3 is 0 Å². The second-order valence-electron chi connectivity index (χ2n) is 2.85. The average molecular weight is 181 g/mol. The number of rotatable bonds is 3. The fraction of sp³-hybridized carbons (Fsp3) is 0.875. The number of hydrogen-bond acceptors (Lipinski definition) is 1. The van der Waals surface area contributed by atoms with Gasteiger partial charge in [0.2, 0.25) is 0 Å². The van der Waals surface area contributed by atoms with Gasteiger partial charge in [-0.3, -0.25) is 4.99 Å². The molecule has 0 aromatic heterocycles. The molecule has 0 heterocycles. The average Bonchev–Trinajstić information content (AvgIpc) is 1.85. The first-order valence-corrected chi connectivity index (χ1v) is 3.99. The molecule has 0 saturated carbocycles. The van der Waals surface area contributed by atoms with E-state index in [1.807, 2.05) is 6.92 Å². The van der Waals surface area contributed by atoms with Gasteiger partial charge in [-0.15, -0.1) is 0 Å². The standard InChI is InChI=1S/C8H14F3N/c1-4-5-6(2)12-7(3)8(9,10)11/h6H,4-5H2,1-3H3. The van der Waals surface area contributed by atoms with Gasteiger partial charge in [-0.05, 0) is 20.3 Å². The molecule has 72 valence electrons. The molecule has 0 amide bonds. The van der Waals surface area contributed by atoms with Crippen molar-refractivity contribution < 1.29 is 13.2 Å². The third-order valence-corrected chi connectivity index (χ3v) is 1.53. The third-order valence-electron chi connectivity index (χ3n) is 1.53. The maximum Gasteiger partial charge on any atom is 0.428 e. The van der Waals surface area contributed by atoms with Crippen molar-refractivity contribution in [3.05, 3.63) is 0 Å². The Bertz CT molecular complexity index is 160. The van der Waals surface area contributed by atoms with Crippen LogP contribution in [-0.2, 0) is 0 Å². The summed E-state index contributed by atoms with van der Waals surface area (Å²) in [5, 5.41) is 0. The summed E-state index contributed by atoms with van der Waals surface area (Å²) in [6.45, 7) is 4.62. The monoisotopic (exact) mass is 181 g/mol. The van der Waals surface area contributed by atoms with E-state index in [1.165, 1.54) is 0 Å². The molecule has 0 radical (unpaired) electrons. The van der Waals surface area contributed by atoms with Crippen molar-refractivity contribution in [3.8, 4) is 0 Å². The zero-order chi connectivity index (χ0) is 9.78. The third kappa shape index (κ3) is 4.36. The number of aliphatic imine (C=N–C) groups is 1. The summed E-state index contributed by atoms with van der Waals surface area (Å²) in [6.07, 6.45) is -2.70. The highest BCUT2D eigenvalue weighted by molar-refractivity contribution is 5.87. The molecule has 0 aliphatic carbocycles. The first kappa shape index (κ1) is 11.5. The van der Waals surface area contributed by atoms with E-state index in [0.717, 1.165) is 13.3 Å². The summed E-state index contributed by atoms with van der Waals surface area (Å²) >= 11 is 0. The van der Waals surface area contributed by atoms with Gasteiger partial charge in [-0.1, -0.05) is 13.3 Å². The maximum absolute atomic E-state index is 11.9. The fourth-order valence-electron chi connectivity index (χ4n) is 0.886. The van der Waals surface area contributed by atoms with Crippen LogP contribution in [-0.4, -0.2) is 17.9 Å². The predicted molar refractivity (Wildman–Crippen MR) is 43.5 cm³/mol. The van der Waals surface area contributed by atoms with Crippen LogP contribution in [0.25, 0.3) is 0 Å². The summed E-state index contributed by atoms with van der Waals surface area (Å²) in [5.74, 6) is 0. The van der Waals surface area contributed by atoms with Crippen molar-refractivity contribution in [3.63, 3.8) is 0 Å². The Morgan fingerprint density at radius 2 is 1.92 bits per heavy atom. The first-order valence-electron chi connectivity index (χ1n) is 3.99. The minimum atomic E-state index is -4.26. The van der Waals surface area contributed by atoms with Gasteiger partial charge >= 0.3 is 6.18 Å². The van der Waals surface area contributed by atoms with Gasteiger partial charge in [0.1, 0.15) is 5.71 Å². The molecule has 1 unspecified atom stereocenters. The predicted octanol–water partition coefficient (Wildman–Crippen LogP) is 3.20. The molecular formula is C8H14F3N. The molecule has 0 aliphatic rings. The van der Waals surface area contributed by atoms with Crippen molar-refractivity contribution >= 4 is 5.71 Å². The van der Waals surface area contributed by atoms with E-state index in [0.29, 0.717) is 6.42 Å². The largest absolute Gasteiger partial charge is 0.428 e. The number of hydrogen-bond donors (Lipinski definition) is 0. The summed E-state index contributed by atoms with van der Waals surface area (Å²) in [7, 11) is 0. The Labute approximate surface area is 70.7 Å². The lowest BCUT2D eigenvalue weighted by molar-refractivity contribution is -0.0595. The van der Waals surface area contributed by atoms with Crippen molar-refractivity contribution in [2.45, 2.75) is 45.8 Å². The summed E-state index contributed by atoms with van der Waals surface area (Å²) in [4.78, 5) is 3.53. The first-order chi connectivity index (χ1) is 5.38. The van der Waals surface area contributed by atoms with E-state index in [1.54, 1.807) is 6.92 Å². The Morgan fingerprint density at radius 1 is 1.42 bits per heavy atom. The molecule has 0 fully saturated rings. The quantitative estimate of drug-likeness (QED) is 0.593. The number of nitrogens with zero attached hydrogens (tertiary/aromatic N) is 1. The number of halogens is 3. The molecule has 0 saturated heterocycles. The van der Waals surface area contributed by atoms with Gasteiger partial charge in [0.15, 0.2) is 0 Å². The zero-order valence-electron chi connectivity index (χ0n) is 7.57. The van der Waals surface area contributed by atoms with E-state index in [2.05, 4.69) is 4.99 Å². The second-order valence-corrected chi connectivity index (χ2v) is 2.85. The topological polar surface area (TPSA) is 12.4 Å². The van der Waals surface area contributed by atoms with Crippen LogP contribution >= 0.6 is 0 Å². The lowest BCUT2D eigenvalue weighted by Gasteiger charge is -2.09. The van der Waals surface area contributed by atoms with Crippen LogP contribution in [0.15, 0.2) is 4.99 Å². The van der Waals surface area contributed by atoms with Crippen LogP contribution in [0.5, 0.6) is 0 Å². The Hall–Kier alpha value is -0.540. The SMILES string of the molecule is CCCC(C)N=C(C)C(F)(F)F. The highest BCUT2D eigenvalue weighted by Crippen LogP contribution is 2.18. The lowest BCUT2D eigenvalue weighted by atomic mass is 10.2. The Balaban J connectivity index is 4.16. The van der Waals surface area contributed by atoms with Crippen molar-refractivity contribution in [2.75, 3.05) is 0 Å². The molecule has 1 nitrogen and oxygen atoms in total. The summed E-state index contributed by atoms with van der Waals surface area (Å²) in [5.41, 5.74) is -0.733. The van der Waals surface area contributed by atoms with E-state index in [9.17, 15) is 13.2 Å². The molecule has 1 atom stereocenters. The lowest BCUT2D eigenvalue weighted by Crippen LogP contribution is -2.21. The van der Waals surface area contributed by atoms with Gasteiger partial charge in [0.05, 0.1) is 0 Å². The molecule has 4 heteroatoms. The molecule has 0 aromatic carbocycles. The highest BCUT2D eigenvalue weighted by atomic mass is 19.4. The van der Waals surface area contributed by atoms with Crippen molar-refractivity contribution in [1.29, 1.82) is 0 Å². The Kier molecular flexibility index (Phi) is 4.28. The van der Waals surface area contributed by atoms with E-state index in [-0.39, 0.29) is 6.04 Å².